The highest BCUT2D eigenvalue weighted by atomic mass is 16.1. The summed E-state index contributed by atoms with van der Waals surface area (Å²) in [6, 6.07) is 0. The molecule has 0 bridgehead atoms. The van der Waals surface area contributed by atoms with E-state index in [1.165, 1.54) is 70.6 Å². The normalized spacial score (nSPS) is 10.7. The molecule has 0 aliphatic heterocycles. The monoisotopic (exact) mass is 254 g/mol. The van der Waals surface area contributed by atoms with E-state index < -0.39 is 5.91 Å². The molecular weight excluding hydrogens is 222 g/mol. The maximum Gasteiger partial charge on any atom is 0.238 e. The Balaban J connectivity index is 2.92. The van der Waals surface area contributed by atoms with Crippen LogP contribution < -0.4 is 5.73 Å². The minimum atomic E-state index is -0.405. The van der Waals surface area contributed by atoms with Crippen molar-refractivity contribution in [3.8, 4) is 0 Å². The molecule has 0 aromatic heterocycles. The molecule has 0 aromatic carbocycles. The first-order valence-electron chi connectivity index (χ1n) is 8.01. The van der Waals surface area contributed by atoms with Crippen molar-refractivity contribution < 1.29 is 4.79 Å². The van der Waals surface area contributed by atoms with Gasteiger partial charge in [0.2, 0.25) is 5.91 Å². The van der Waals surface area contributed by atoms with Gasteiger partial charge in [-0.1, -0.05) is 84.0 Å². The molecule has 18 heavy (non-hydrogen) atoms. The Morgan fingerprint density at radius 1 is 0.667 bits per heavy atom. The Bertz CT molecular complexity index is 180. The number of nitrogens with one attached hydrogen (secondary N) is 1. The highest BCUT2D eigenvalue weighted by Crippen LogP contribution is 2.12. The van der Waals surface area contributed by atoms with E-state index in [4.69, 9.17) is 5.73 Å². The minimum Gasteiger partial charge on any atom is -0.273 e. The lowest BCUT2D eigenvalue weighted by Gasteiger charge is -2.02. The van der Waals surface area contributed by atoms with Crippen LogP contribution in [0.2, 0.25) is 0 Å². The van der Waals surface area contributed by atoms with Gasteiger partial charge in [-0.05, 0) is 6.42 Å². The average molecular weight is 254 g/mol. The van der Waals surface area contributed by atoms with E-state index in [1.54, 1.807) is 0 Å². The molecule has 107 valence electrons. The molecular formula is C16H32NO. The largest absolute Gasteiger partial charge is 0.273 e. The van der Waals surface area contributed by atoms with E-state index in [2.05, 4.69) is 6.92 Å². The molecule has 1 amide bonds. The van der Waals surface area contributed by atoms with Crippen molar-refractivity contribution in [3.05, 3.63) is 0 Å². The minimum absolute atomic E-state index is 0.405. The fourth-order valence-electron chi connectivity index (χ4n) is 2.30. The first-order valence-corrected chi connectivity index (χ1v) is 8.01. The second kappa shape index (κ2) is 14.5. The SMILES string of the molecule is CCCCCCCCCCCCCCCC([NH])=O. The number of carbonyl (C=O) groups is 1. The van der Waals surface area contributed by atoms with Gasteiger partial charge in [-0.2, -0.15) is 0 Å². The van der Waals surface area contributed by atoms with Gasteiger partial charge < -0.3 is 0 Å². The van der Waals surface area contributed by atoms with Crippen LogP contribution in [0.3, 0.4) is 0 Å². The van der Waals surface area contributed by atoms with Gasteiger partial charge in [-0.15, -0.1) is 0 Å². The lowest BCUT2D eigenvalue weighted by molar-refractivity contribution is -0.118. The quantitative estimate of drug-likeness (QED) is 0.389. The standard InChI is InChI=1S/C16H32NO/c1-2-3-4-5-6-7-8-9-10-11-12-13-14-15-16(17)18/h17H,2-15H2,1H3. The van der Waals surface area contributed by atoms with E-state index >= 15 is 0 Å². The number of hydrogen-bond donors (Lipinski definition) is 0. The van der Waals surface area contributed by atoms with Crippen LogP contribution in [0, 0.1) is 0 Å². The molecule has 0 unspecified atom stereocenters. The Labute approximate surface area is 114 Å². The van der Waals surface area contributed by atoms with E-state index in [1.807, 2.05) is 0 Å². The zero-order valence-corrected chi connectivity index (χ0v) is 12.3. The molecule has 1 N–H and O–H groups in total. The molecule has 0 saturated heterocycles. The van der Waals surface area contributed by atoms with Gasteiger partial charge in [0.15, 0.2) is 0 Å². The van der Waals surface area contributed by atoms with Crippen molar-refractivity contribution in [2.75, 3.05) is 0 Å². The third kappa shape index (κ3) is 15.5. The van der Waals surface area contributed by atoms with Crippen LogP contribution in [0.1, 0.15) is 96.8 Å². The van der Waals surface area contributed by atoms with Crippen molar-refractivity contribution >= 4 is 5.91 Å². The Morgan fingerprint density at radius 3 is 1.33 bits per heavy atom. The number of unbranched alkanes of at least 4 members (excludes halogenated alkanes) is 12. The molecule has 0 aromatic rings. The van der Waals surface area contributed by atoms with Gasteiger partial charge in [0.05, 0.1) is 0 Å². The maximum absolute atomic E-state index is 10.4. The third-order valence-electron chi connectivity index (χ3n) is 3.51. The molecule has 1 radical (unpaired) electrons. The van der Waals surface area contributed by atoms with Crippen LogP contribution in [-0.4, -0.2) is 5.91 Å². The zero-order valence-electron chi connectivity index (χ0n) is 12.3. The highest BCUT2D eigenvalue weighted by Gasteiger charge is 1.96. The third-order valence-corrected chi connectivity index (χ3v) is 3.51. The Kier molecular flexibility index (Phi) is 14.1. The predicted octanol–water partition coefficient (Wildman–Crippen LogP) is 5.28. The second-order valence-electron chi connectivity index (χ2n) is 5.42. The summed E-state index contributed by atoms with van der Waals surface area (Å²) in [6.45, 7) is 2.26. The molecule has 0 saturated carbocycles. The van der Waals surface area contributed by atoms with Crippen molar-refractivity contribution in [3.63, 3.8) is 0 Å². The summed E-state index contributed by atoms with van der Waals surface area (Å²) in [5.41, 5.74) is 6.79. The van der Waals surface area contributed by atoms with Crippen LogP contribution in [-0.2, 0) is 4.79 Å². The first kappa shape index (κ1) is 17.5. The highest BCUT2D eigenvalue weighted by molar-refractivity contribution is 5.72. The Hall–Kier alpha value is -0.530. The van der Waals surface area contributed by atoms with Crippen LogP contribution in [0.25, 0.3) is 0 Å². The van der Waals surface area contributed by atoms with E-state index in [9.17, 15) is 4.79 Å². The van der Waals surface area contributed by atoms with Crippen LogP contribution in [0.15, 0.2) is 0 Å². The van der Waals surface area contributed by atoms with Gasteiger partial charge in [0, 0.05) is 6.42 Å². The van der Waals surface area contributed by atoms with Crippen LogP contribution in [0.5, 0.6) is 0 Å². The van der Waals surface area contributed by atoms with Crippen molar-refractivity contribution in [1.29, 1.82) is 0 Å². The summed E-state index contributed by atoms with van der Waals surface area (Å²) in [5.74, 6) is -0.405. The maximum atomic E-state index is 10.4. The zero-order chi connectivity index (χ0) is 13.5. The van der Waals surface area contributed by atoms with Crippen molar-refractivity contribution in [1.82, 2.24) is 5.73 Å². The van der Waals surface area contributed by atoms with Gasteiger partial charge in [0.1, 0.15) is 0 Å². The van der Waals surface area contributed by atoms with E-state index in [-0.39, 0.29) is 0 Å². The molecule has 0 atom stereocenters. The molecule has 0 aliphatic rings. The molecule has 0 spiro atoms. The summed E-state index contributed by atoms with van der Waals surface area (Å²) < 4.78 is 0. The van der Waals surface area contributed by atoms with Crippen molar-refractivity contribution in [2.45, 2.75) is 96.8 Å². The first-order chi connectivity index (χ1) is 8.77. The topological polar surface area (TPSA) is 40.9 Å². The lowest BCUT2D eigenvalue weighted by atomic mass is 10.0. The molecule has 2 heteroatoms. The number of rotatable bonds is 14. The van der Waals surface area contributed by atoms with Crippen LogP contribution in [0.4, 0.5) is 0 Å². The summed E-state index contributed by atoms with van der Waals surface area (Å²) in [5, 5.41) is 0. The van der Waals surface area contributed by atoms with Gasteiger partial charge in [-0.25, -0.2) is 0 Å². The lowest BCUT2D eigenvalue weighted by Crippen LogP contribution is -1.96. The fourth-order valence-corrected chi connectivity index (χ4v) is 2.30. The summed E-state index contributed by atoms with van der Waals surface area (Å²) in [6.07, 6.45) is 17.6. The summed E-state index contributed by atoms with van der Waals surface area (Å²) >= 11 is 0. The predicted molar refractivity (Wildman–Crippen MR) is 78.4 cm³/mol. The number of amides is 1. The van der Waals surface area contributed by atoms with Gasteiger partial charge in [-0.3, -0.25) is 10.5 Å². The Morgan fingerprint density at radius 2 is 1.00 bits per heavy atom. The molecule has 0 rings (SSSR count). The molecule has 0 heterocycles. The molecule has 0 fully saturated rings. The molecule has 2 nitrogen and oxygen atoms in total. The van der Waals surface area contributed by atoms with Gasteiger partial charge >= 0.3 is 0 Å². The summed E-state index contributed by atoms with van der Waals surface area (Å²) in [7, 11) is 0. The van der Waals surface area contributed by atoms with Gasteiger partial charge in [0.25, 0.3) is 0 Å². The molecule has 0 aliphatic carbocycles. The van der Waals surface area contributed by atoms with E-state index in [0.29, 0.717) is 6.42 Å². The van der Waals surface area contributed by atoms with Crippen LogP contribution >= 0.6 is 0 Å². The second-order valence-corrected chi connectivity index (χ2v) is 5.42. The average Bonchev–Trinajstić information content (AvgIpc) is 2.34. The number of carbonyl (C=O) groups excluding carboxylic acids is 1. The number of hydrogen-bond acceptors (Lipinski definition) is 1. The smallest absolute Gasteiger partial charge is 0.238 e. The van der Waals surface area contributed by atoms with Crippen molar-refractivity contribution in [2.24, 2.45) is 0 Å². The fraction of sp³-hybridized carbons (Fsp3) is 0.938. The van der Waals surface area contributed by atoms with E-state index in [0.717, 1.165) is 12.8 Å². The summed E-state index contributed by atoms with van der Waals surface area (Å²) in [4.78, 5) is 10.4.